The van der Waals surface area contributed by atoms with Crippen LogP contribution in [-0.4, -0.2) is 17.9 Å². The molecule has 0 N–H and O–H groups in total. The van der Waals surface area contributed by atoms with Gasteiger partial charge in [-0.15, -0.1) is 0 Å². The van der Waals surface area contributed by atoms with Crippen molar-refractivity contribution in [2.24, 2.45) is 17.8 Å². The van der Waals surface area contributed by atoms with E-state index in [4.69, 9.17) is 4.74 Å². The number of carbonyl (C=O) groups excluding carboxylic acids is 2. The minimum atomic E-state index is -0.490. The maximum absolute atomic E-state index is 12.6. The molecule has 3 heteroatoms. The van der Waals surface area contributed by atoms with E-state index in [1.165, 1.54) is 13.3 Å². The minimum absolute atomic E-state index is 0.0974. The molecule has 130 valence electrons. The molecule has 24 heavy (non-hydrogen) atoms. The Morgan fingerprint density at radius 1 is 1.17 bits per heavy atom. The minimum Gasteiger partial charge on any atom is -0.458 e. The van der Waals surface area contributed by atoms with Crippen LogP contribution in [0.1, 0.15) is 52.5 Å². The molecule has 3 unspecified atom stereocenters. The second-order valence-corrected chi connectivity index (χ2v) is 7.29. The lowest BCUT2D eigenvalue weighted by atomic mass is 9.75. The summed E-state index contributed by atoms with van der Waals surface area (Å²) in [4.78, 5) is 24.6. The Hall–Kier alpha value is -1.90. The van der Waals surface area contributed by atoms with Gasteiger partial charge < -0.3 is 4.74 Å². The highest BCUT2D eigenvalue weighted by Gasteiger charge is 2.34. The molecule has 0 spiro atoms. The van der Waals surface area contributed by atoms with Crippen LogP contribution >= 0.6 is 0 Å². The van der Waals surface area contributed by atoms with Gasteiger partial charge in [-0.1, -0.05) is 57.5 Å². The van der Waals surface area contributed by atoms with Crippen LogP contribution in [0.2, 0.25) is 0 Å². The number of esters is 1. The van der Waals surface area contributed by atoms with Crippen molar-refractivity contribution in [3.05, 3.63) is 41.5 Å². The Balaban J connectivity index is 2.18. The highest BCUT2D eigenvalue weighted by Crippen LogP contribution is 2.35. The van der Waals surface area contributed by atoms with E-state index in [0.717, 1.165) is 18.4 Å². The average molecular weight is 328 g/mol. The van der Waals surface area contributed by atoms with Crippen molar-refractivity contribution in [2.45, 2.75) is 53.1 Å². The molecule has 1 aliphatic carbocycles. The number of ether oxygens (including phenoxy) is 1. The largest absolute Gasteiger partial charge is 0.458 e. The van der Waals surface area contributed by atoms with Crippen molar-refractivity contribution < 1.29 is 14.3 Å². The van der Waals surface area contributed by atoms with Crippen LogP contribution in [0.4, 0.5) is 0 Å². The first kappa shape index (κ1) is 18.4. The summed E-state index contributed by atoms with van der Waals surface area (Å²) in [5, 5.41) is 0. The SMILES string of the molecule is CC(=O)/C(=C/c1ccccc1)C(=O)OC1CC(C)CCC1C(C)C. The average Bonchev–Trinajstić information content (AvgIpc) is 2.53. The Labute approximate surface area is 145 Å². The van der Waals surface area contributed by atoms with Crippen molar-refractivity contribution >= 4 is 17.8 Å². The molecule has 1 fully saturated rings. The Morgan fingerprint density at radius 3 is 2.42 bits per heavy atom. The fourth-order valence-electron chi connectivity index (χ4n) is 3.47. The van der Waals surface area contributed by atoms with E-state index in [0.29, 0.717) is 17.8 Å². The number of hydrogen-bond donors (Lipinski definition) is 0. The van der Waals surface area contributed by atoms with Crippen LogP contribution in [-0.2, 0) is 14.3 Å². The first-order valence-electron chi connectivity index (χ1n) is 8.87. The molecule has 0 amide bonds. The van der Waals surface area contributed by atoms with E-state index in [-0.39, 0.29) is 17.5 Å². The lowest BCUT2D eigenvalue weighted by Gasteiger charge is -2.36. The van der Waals surface area contributed by atoms with Crippen LogP contribution in [0.15, 0.2) is 35.9 Å². The highest BCUT2D eigenvalue weighted by atomic mass is 16.5. The summed E-state index contributed by atoms with van der Waals surface area (Å²) >= 11 is 0. The topological polar surface area (TPSA) is 43.4 Å². The summed E-state index contributed by atoms with van der Waals surface area (Å²) in [6.45, 7) is 7.96. The van der Waals surface area contributed by atoms with Crippen LogP contribution in [0.5, 0.6) is 0 Å². The molecule has 1 saturated carbocycles. The fourth-order valence-corrected chi connectivity index (χ4v) is 3.47. The highest BCUT2D eigenvalue weighted by molar-refractivity contribution is 6.19. The van der Waals surface area contributed by atoms with E-state index in [9.17, 15) is 9.59 Å². The number of ketones is 1. The Morgan fingerprint density at radius 2 is 1.83 bits per heavy atom. The number of hydrogen-bond acceptors (Lipinski definition) is 3. The second-order valence-electron chi connectivity index (χ2n) is 7.29. The third-order valence-corrected chi connectivity index (χ3v) is 4.93. The van der Waals surface area contributed by atoms with Gasteiger partial charge in [0, 0.05) is 0 Å². The van der Waals surface area contributed by atoms with Gasteiger partial charge in [-0.25, -0.2) is 4.79 Å². The van der Waals surface area contributed by atoms with Crippen molar-refractivity contribution in [2.75, 3.05) is 0 Å². The zero-order chi connectivity index (χ0) is 17.7. The molecule has 0 aliphatic heterocycles. The molecule has 0 radical (unpaired) electrons. The summed E-state index contributed by atoms with van der Waals surface area (Å²) in [7, 11) is 0. The smallest absolute Gasteiger partial charge is 0.342 e. The molecule has 1 aliphatic rings. The molecule has 2 rings (SSSR count). The maximum atomic E-state index is 12.6. The number of Topliss-reactive ketones (excluding diaryl/α,β-unsaturated/α-hetero) is 1. The number of rotatable bonds is 5. The Kier molecular flexibility index (Phi) is 6.36. The first-order chi connectivity index (χ1) is 11.4. The van der Waals surface area contributed by atoms with E-state index < -0.39 is 5.97 Å². The van der Waals surface area contributed by atoms with Gasteiger partial charge in [-0.05, 0) is 49.2 Å². The van der Waals surface area contributed by atoms with E-state index >= 15 is 0 Å². The molecule has 0 bridgehead atoms. The van der Waals surface area contributed by atoms with E-state index in [1.54, 1.807) is 6.08 Å². The van der Waals surface area contributed by atoms with Crippen LogP contribution in [0.3, 0.4) is 0 Å². The molecule has 0 heterocycles. The van der Waals surface area contributed by atoms with Gasteiger partial charge in [0.15, 0.2) is 5.78 Å². The fraction of sp³-hybridized carbons (Fsp3) is 0.524. The van der Waals surface area contributed by atoms with Gasteiger partial charge in [0.25, 0.3) is 0 Å². The van der Waals surface area contributed by atoms with Gasteiger partial charge in [-0.3, -0.25) is 4.79 Å². The van der Waals surface area contributed by atoms with Crippen LogP contribution in [0, 0.1) is 17.8 Å². The van der Waals surface area contributed by atoms with Crippen molar-refractivity contribution in [1.29, 1.82) is 0 Å². The summed E-state index contributed by atoms with van der Waals surface area (Å²) in [6, 6.07) is 9.41. The zero-order valence-corrected chi connectivity index (χ0v) is 15.1. The monoisotopic (exact) mass is 328 g/mol. The molecule has 3 atom stereocenters. The van der Waals surface area contributed by atoms with Gasteiger partial charge in [0.2, 0.25) is 0 Å². The van der Waals surface area contributed by atoms with E-state index in [2.05, 4.69) is 20.8 Å². The number of benzene rings is 1. The Bertz CT molecular complexity index is 601. The normalized spacial score (nSPS) is 24.7. The predicted octanol–water partition coefficient (Wildman–Crippen LogP) is 4.66. The lowest BCUT2D eigenvalue weighted by molar-refractivity contribution is -0.151. The van der Waals surface area contributed by atoms with Gasteiger partial charge in [0.05, 0.1) is 0 Å². The molecular formula is C21H28O3. The molecule has 3 nitrogen and oxygen atoms in total. The van der Waals surface area contributed by atoms with Gasteiger partial charge >= 0.3 is 5.97 Å². The second kappa shape index (κ2) is 8.27. The van der Waals surface area contributed by atoms with Crippen LogP contribution < -0.4 is 0 Å². The summed E-state index contributed by atoms with van der Waals surface area (Å²) in [5.41, 5.74) is 0.957. The van der Waals surface area contributed by atoms with Crippen LogP contribution in [0.25, 0.3) is 6.08 Å². The number of carbonyl (C=O) groups is 2. The maximum Gasteiger partial charge on any atom is 0.342 e. The molecule has 0 aromatic heterocycles. The standard InChI is InChI=1S/C21H28O3/c1-14(2)18-11-10-15(3)12-20(18)24-21(23)19(16(4)22)13-17-8-6-5-7-9-17/h5-9,13-15,18,20H,10-12H2,1-4H3/b19-13-. The first-order valence-corrected chi connectivity index (χ1v) is 8.87. The third-order valence-electron chi connectivity index (χ3n) is 4.93. The van der Waals surface area contributed by atoms with Crippen molar-refractivity contribution in [3.63, 3.8) is 0 Å². The molecule has 0 saturated heterocycles. The van der Waals surface area contributed by atoms with Gasteiger partial charge in [-0.2, -0.15) is 0 Å². The molecular weight excluding hydrogens is 300 g/mol. The zero-order valence-electron chi connectivity index (χ0n) is 15.1. The van der Waals surface area contributed by atoms with Crippen molar-refractivity contribution in [1.82, 2.24) is 0 Å². The molecule has 1 aromatic rings. The third kappa shape index (κ3) is 4.80. The summed E-state index contributed by atoms with van der Waals surface area (Å²) in [5.74, 6) is 0.644. The summed E-state index contributed by atoms with van der Waals surface area (Å²) < 4.78 is 5.80. The molecule has 1 aromatic carbocycles. The predicted molar refractivity (Wildman–Crippen MR) is 96.3 cm³/mol. The quantitative estimate of drug-likeness (QED) is 0.342. The lowest BCUT2D eigenvalue weighted by Crippen LogP contribution is -2.36. The van der Waals surface area contributed by atoms with Gasteiger partial charge in [0.1, 0.15) is 11.7 Å². The van der Waals surface area contributed by atoms with E-state index in [1.807, 2.05) is 30.3 Å². The summed E-state index contributed by atoms with van der Waals surface area (Å²) in [6.07, 6.45) is 4.66. The van der Waals surface area contributed by atoms with Crippen molar-refractivity contribution in [3.8, 4) is 0 Å².